The van der Waals surface area contributed by atoms with Gasteiger partial charge in [0.15, 0.2) is 0 Å². The fourth-order valence-corrected chi connectivity index (χ4v) is 1.70. The minimum atomic E-state index is -1.03. The zero-order valence-corrected chi connectivity index (χ0v) is 11.1. The molecule has 5 nitrogen and oxygen atoms in total. The van der Waals surface area contributed by atoms with E-state index in [9.17, 15) is 9.59 Å². The average molecular weight is 265 g/mol. The summed E-state index contributed by atoms with van der Waals surface area (Å²) in [6.07, 6.45) is 0.385. The van der Waals surface area contributed by atoms with Gasteiger partial charge in [-0.15, -0.1) is 0 Å². The molecule has 0 aromatic heterocycles. The van der Waals surface area contributed by atoms with Gasteiger partial charge in [0, 0.05) is 5.56 Å². The Bertz CT molecular complexity index is 439. The fourth-order valence-electron chi connectivity index (χ4n) is 1.70. The van der Waals surface area contributed by atoms with E-state index in [0.717, 1.165) is 0 Å². The molecule has 1 aromatic carbocycles. The Morgan fingerprint density at radius 3 is 2.21 bits per heavy atom. The molecule has 0 heterocycles. The lowest BCUT2D eigenvalue weighted by molar-refractivity contribution is -0.139. The standard InChI is InChI=1S/C14H19NO4/c1-9(2)7-12(14(18)19)15-13(17)11-5-3-10(8-16)4-6-11/h3-6,9,12,16H,7-8H2,1-2H3,(H,15,17)(H,18,19). The second-order valence-corrected chi connectivity index (χ2v) is 4.85. The topological polar surface area (TPSA) is 86.6 Å². The van der Waals surface area contributed by atoms with Gasteiger partial charge in [-0.05, 0) is 30.0 Å². The van der Waals surface area contributed by atoms with Crippen LogP contribution in [-0.2, 0) is 11.4 Å². The molecule has 1 unspecified atom stereocenters. The summed E-state index contributed by atoms with van der Waals surface area (Å²) in [5, 5.41) is 20.5. The summed E-state index contributed by atoms with van der Waals surface area (Å²) < 4.78 is 0. The van der Waals surface area contributed by atoms with Gasteiger partial charge in [0.1, 0.15) is 6.04 Å². The quantitative estimate of drug-likeness (QED) is 0.725. The van der Waals surface area contributed by atoms with Crippen molar-refractivity contribution in [2.45, 2.75) is 32.9 Å². The Labute approximate surface area is 112 Å². The number of benzene rings is 1. The SMILES string of the molecule is CC(C)CC(NC(=O)c1ccc(CO)cc1)C(=O)O. The number of carboxylic acids is 1. The molecule has 0 radical (unpaired) electrons. The van der Waals surface area contributed by atoms with E-state index in [0.29, 0.717) is 17.5 Å². The Morgan fingerprint density at radius 2 is 1.79 bits per heavy atom. The Balaban J connectivity index is 2.72. The number of hydrogen-bond acceptors (Lipinski definition) is 3. The zero-order chi connectivity index (χ0) is 14.4. The van der Waals surface area contributed by atoms with Crippen LogP contribution in [0.15, 0.2) is 24.3 Å². The van der Waals surface area contributed by atoms with E-state index in [1.54, 1.807) is 24.3 Å². The largest absolute Gasteiger partial charge is 0.480 e. The van der Waals surface area contributed by atoms with Crippen molar-refractivity contribution in [3.63, 3.8) is 0 Å². The normalized spacial score (nSPS) is 12.2. The smallest absolute Gasteiger partial charge is 0.326 e. The molecule has 0 aliphatic rings. The van der Waals surface area contributed by atoms with Crippen molar-refractivity contribution in [3.8, 4) is 0 Å². The molecule has 0 aliphatic carbocycles. The number of aliphatic carboxylic acids is 1. The van der Waals surface area contributed by atoms with Gasteiger partial charge in [0.05, 0.1) is 6.61 Å². The molecule has 3 N–H and O–H groups in total. The highest BCUT2D eigenvalue weighted by Crippen LogP contribution is 2.08. The predicted octanol–water partition coefficient (Wildman–Crippen LogP) is 1.41. The molecule has 104 valence electrons. The van der Waals surface area contributed by atoms with Crippen molar-refractivity contribution in [1.29, 1.82) is 0 Å². The molecule has 5 heteroatoms. The van der Waals surface area contributed by atoms with E-state index in [4.69, 9.17) is 10.2 Å². The van der Waals surface area contributed by atoms with Gasteiger partial charge in [-0.25, -0.2) is 4.79 Å². The Morgan fingerprint density at radius 1 is 1.21 bits per heavy atom. The second-order valence-electron chi connectivity index (χ2n) is 4.85. The van der Waals surface area contributed by atoms with E-state index < -0.39 is 17.9 Å². The number of aliphatic hydroxyl groups is 1. The molecule has 0 fully saturated rings. The molecule has 1 amide bonds. The highest BCUT2D eigenvalue weighted by Gasteiger charge is 2.21. The van der Waals surface area contributed by atoms with Crippen LogP contribution in [0.1, 0.15) is 36.2 Å². The lowest BCUT2D eigenvalue weighted by atomic mass is 10.0. The maximum absolute atomic E-state index is 11.9. The van der Waals surface area contributed by atoms with E-state index in [2.05, 4.69) is 5.32 Å². The zero-order valence-electron chi connectivity index (χ0n) is 11.1. The molecule has 1 atom stereocenters. The van der Waals surface area contributed by atoms with Gasteiger partial charge < -0.3 is 15.5 Å². The molecule has 19 heavy (non-hydrogen) atoms. The van der Waals surface area contributed by atoms with Crippen LogP contribution >= 0.6 is 0 Å². The summed E-state index contributed by atoms with van der Waals surface area (Å²) in [7, 11) is 0. The highest BCUT2D eigenvalue weighted by atomic mass is 16.4. The summed E-state index contributed by atoms with van der Waals surface area (Å²) in [5.41, 5.74) is 1.08. The van der Waals surface area contributed by atoms with Crippen molar-refractivity contribution >= 4 is 11.9 Å². The first-order valence-corrected chi connectivity index (χ1v) is 6.17. The first-order chi connectivity index (χ1) is 8.93. The van der Waals surface area contributed by atoms with Gasteiger partial charge in [0.25, 0.3) is 5.91 Å². The van der Waals surface area contributed by atoms with Crippen LogP contribution in [0.25, 0.3) is 0 Å². The van der Waals surface area contributed by atoms with E-state index >= 15 is 0 Å². The molecule has 0 bridgehead atoms. The number of hydrogen-bond donors (Lipinski definition) is 3. The number of aliphatic hydroxyl groups excluding tert-OH is 1. The third-order valence-electron chi connectivity index (χ3n) is 2.71. The first kappa shape index (κ1) is 15.2. The number of carboxylic acid groups (broad SMARTS) is 1. The van der Waals surface area contributed by atoms with Crippen molar-refractivity contribution < 1.29 is 19.8 Å². The summed E-state index contributed by atoms with van der Waals surface area (Å²) in [4.78, 5) is 23.0. The molecule has 0 spiro atoms. The summed E-state index contributed by atoms with van der Waals surface area (Å²) >= 11 is 0. The molecule has 1 aromatic rings. The second kappa shape index (κ2) is 6.89. The fraction of sp³-hybridized carbons (Fsp3) is 0.429. The summed E-state index contributed by atoms with van der Waals surface area (Å²) in [6.45, 7) is 3.71. The minimum Gasteiger partial charge on any atom is -0.480 e. The van der Waals surface area contributed by atoms with Crippen molar-refractivity contribution in [2.75, 3.05) is 0 Å². The molecular weight excluding hydrogens is 246 g/mol. The molecule has 0 aliphatic heterocycles. The number of carbonyl (C=O) groups excluding carboxylic acids is 1. The maximum atomic E-state index is 11.9. The third kappa shape index (κ3) is 4.71. The van der Waals surface area contributed by atoms with Crippen LogP contribution in [0.4, 0.5) is 0 Å². The number of carbonyl (C=O) groups is 2. The van der Waals surface area contributed by atoms with Crippen LogP contribution in [0, 0.1) is 5.92 Å². The first-order valence-electron chi connectivity index (χ1n) is 6.17. The van der Waals surface area contributed by atoms with Gasteiger partial charge >= 0.3 is 5.97 Å². The van der Waals surface area contributed by atoms with Crippen molar-refractivity contribution in [3.05, 3.63) is 35.4 Å². The van der Waals surface area contributed by atoms with E-state index in [1.165, 1.54) is 0 Å². The van der Waals surface area contributed by atoms with Crippen LogP contribution in [0.2, 0.25) is 0 Å². The molecule has 0 saturated heterocycles. The van der Waals surface area contributed by atoms with Gasteiger partial charge in [0.2, 0.25) is 0 Å². The van der Waals surface area contributed by atoms with Crippen molar-refractivity contribution in [2.24, 2.45) is 5.92 Å². The number of amides is 1. The minimum absolute atomic E-state index is 0.0903. The highest BCUT2D eigenvalue weighted by molar-refractivity contribution is 5.96. The summed E-state index contributed by atoms with van der Waals surface area (Å²) in [6, 6.07) is 5.51. The van der Waals surface area contributed by atoms with Gasteiger partial charge in [-0.1, -0.05) is 26.0 Å². The van der Waals surface area contributed by atoms with Crippen LogP contribution in [-0.4, -0.2) is 28.1 Å². The van der Waals surface area contributed by atoms with Crippen LogP contribution in [0.3, 0.4) is 0 Å². The molecule has 1 rings (SSSR count). The van der Waals surface area contributed by atoms with Crippen molar-refractivity contribution in [1.82, 2.24) is 5.32 Å². The Kier molecular flexibility index (Phi) is 5.51. The number of nitrogens with one attached hydrogen (secondary N) is 1. The van der Waals surface area contributed by atoms with Gasteiger partial charge in [-0.2, -0.15) is 0 Å². The molecule has 0 saturated carbocycles. The van der Waals surface area contributed by atoms with E-state index in [1.807, 2.05) is 13.8 Å². The van der Waals surface area contributed by atoms with Gasteiger partial charge in [-0.3, -0.25) is 4.79 Å². The number of rotatable bonds is 6. The van der Waals surface area contributed by atoms with E-state index in [-0.39, 0.29) is 12.5 Å². The third-order valence-corrected chi connectivity index (χ3v) is 2.71. The maximum Gasteiger partial charge on any atom is 0.326 e. The lowest BCUT2D eigenvalue weighted by Gasteiger charge is -2.16. The Hall–Kier alpha value is -1.88. The van der Waals surface area contributed by atoms with Crippen LogP contribution < -0.4 is 5.32 Å². The van der Waals surface area contributed by atoms with Crippen LogP contribution in [0.5, 0.6) is 0 Å². The monoisotopic (exact) mass is 265 g/mol. The average Bonchev–Trinajstić information content (AvgIpc) is 2.37. The predicted molar refractivity (Wildman–Crippen MR) is 70.7 cm³/mol. The molecular formula is C14H19NO4. The lowest BCUT2D eigenvalue weighted by Crippen LogP contribution is -2.41. The summed E-state index contributed by atoms with van der Waals surface area (Å²) in [5.74, 6) is -1.27.